The Morgan fingerprint density at radius 2 is 1.60 bits per heavy atom. The van der Waals surface area contributed by atoms with Gasteiger partial charge in [0.15, 0.2) is 0 Å². The zero-order chi connectivity index (χ0) is 17.7. The van der Waals surface area contributed by atoms with Crippen molar-refractivity contribution in [2.75, 3.05) is 26.2 Å². The molecule has 0 aromatic heterocycles. The van der Waals surface area contributed by atoms with Gasteiger partial charge in [0.25, 0.3) is 0 Å². The van der Waals surface area contributed by atoms with Crippen molar-refractivity contribution in [1.29, 1.82) is 0 Å². The minimum absolute atomic E-state index is 0.148. The number of carbonyl (C=O) groups is 1. The molecule has 1 aliphatic carbocycles. The zero-order valence-corrected chi connectivity index (χ0v) is 15.3. The van der Waals surface area contributed by atoms with E-state index in [9.17, 15) is 13.2 Å². The Balaban J connectivity index is 1.56. The summed E-state index contributed by atoms with van der Waals surface area (Å²) in [5.74, 6) is 0.367. The smallest absolute Gasteiger partial charge is 0.236 e. The molecule has 3 rings (SSSR count). The Hall–Kier alpha value is -1.66. The van der Waals surface area contributed by atoms with E-state index in [1.165, 1.54) is 16.1 Å². The van der Waals surface area contributed by atoms with Crippen LogP contribution in [0.3, 0.4) is 0 Å². The average Bonchev–Trinajstić information content (AvgIpc) is 2.67. The molecule has 1 saturated heterocycles. The van der Waals surface area contributed by atoms with Gasteiger partial charge in [-0.25, -0.2) is 8.42 Å². The molecule has 1 aromatic rings. The first-order valence-electron chi connectivity index (χ1n) is 9.08. The average molecular weight is 362 g/mol. The number of rotatable bonds is 4. The Labute approximate surface area is 150 Å². The van der Waals surface area contributed by atoms with Gasteiger partial charge in [-0.05, 0) is 24.5 Å². The molecule has 5 nitrogen and oxygen atoms in total. The van der Waals surface area contributed by atoms with E-state index in [-0.39, 0.29) is 11.8 Å². The molecule has 1 aliphatic heterocycles. The number of hydrogen-bond acceptors (Lipinski definition) is 3. The summed E-state index contributed by atoms with van der Waals surface area (Å²) in [6.45, 7) is 1.74. The van der Waals surface area contributed by atoms with Gasteiger partial charge in [-0.15, -0.1) is 0 Å². The minimum Gasteiger partial charge on any atom is -0.340 e. The van der Waals surface area contributed by atoms with Gasteiger partial charge in [0.05, 0.1) is 0 Å². The first-order valence-corrected chi connectivity index (χ1v) is 10.6. The Morgan fingerprint density at radius 1 is 0.960 bits per heavy atom. The summed E-state index contributed by atoms with van der Waals surface area (Å²) in [6, 6.07) is 9.39. The molecule has 0 N–H and O–H groups in total. The molecule has 1 heterocycles. The SMILES string of the molecule is O=C(C1CCCCC1)N1CCN(S(=O)(=O)/C=C/c2ccccc2)CC1. The third-order valence-corrected chi connectivity index (χ3v) is 6.66. The molecule has 1 aromatic carbocycles. The van der Waals surface area contributed by atoms with E-state index in [4.69, 9.17) is 0 Å². The van der Waals surface area contributed by atoms with Crippen molar-refractivity contribution < 1.29 is 13.2 Å². The highest BCUT2D eigenvalue weighted by atomic mass is 32.2. The van der Waals surface area contributed by atoms with Crippen molar-refractivity contribution >= 4 is 22.0 Å². The summed E-state index contributed by atoms with van der Waals surface area (Å²) in [4.78, 5) is 14.4. The molecule has 25 heavy (non-hydrogen) atoms. The fourth-order valence-electron chi connectivity index (χ4n) is 3.59. The van der Waals surface area contributed by atoms with Gasteiger partial charge in [0, 0.05) is 37.5 Å². The Bertz CT molecular complexity index is 701. The van der Waals surface area contributed by atoms with Crippen LogP contribution in [0.2, 0.25) is 0 Å². The third-order valence-electron chi connectivity index (χ3n) is 5.10. The fourth-order valence-corrected chi connectivity index (χ4v) is 4.76. The van der Waals surface area contributed by atoms with Gasteiger partial charge in [0.2, 0.25) is 15.9 Å². The van der Waals surface area contributed by atoms with E-state index in [1.807, 2.05) is 35.2 Å². The molecule has 2 fully saturated rings. The second-order valence-corrected chi connectivity index (χ2v) is 8.64. The second-order valence-electron chi connectivity index (χ2n) is 6.82. The first-order chi connectivity index (χ1) is 12.1. The molecule has 2 aliphatic rings. The highest BCUT2D eigenvalue weighted by molar-refractivity contribution is 7.92. The lowest BCUT2D eigenvalue weighted by atomic mass is 9.88. The number of amides is 1. The Kier molecular flexibility index (Phi) is 5.91. The molecule has 6 heteroatoms. The summed E-state index contributed by atoms with van der Waals surface area (Å²) in [6.07, 6.45) is 7.08. The topological polar surface area (TPSA) is 57.7 Å². The van der Waals surface area contributed by atoms with Crippen molar-refractivity contribution in [3.63, 3.8) is 0 Å². The standard InChI is InChI=1S/C19H26N2O3S/c22-19(18-9-5-2-6-10-18)20-12-14-21(15-13-20)25(23,24)16-11-17-7-3-1-4-8-17/h1,3-4,7-8,11,16,18H,2,5-6,9-10,12-15H2/b16-11+. The lowest BCUT2D eigenvalue weighted by Crippen LogP contribution is -2.51. The van der Waals surface area contributed by atoms with Crippen LogP contribution < -0.4 is 0 Å². The lowest BCUT2D eigenvalue weighted by Gasteiger charge is -2.36. The van der Waals surface area contributed by atoms with E-state index in [0.29, 0.717) is 26.2 Å². The van der Waals surface area contributed by atoms with E-state index in [0.717, 1.165) is 31.2 Å². The summed E-state index contributed by atoms with van der Waals surface area (Å²) in [5, 5.41) is 1.26. The highest BCUT2D eigenvalue weighted by Gasteiger charge is 2.31. The number of benzene rings is 1. The normalized spacial score (nSPS) is 20.9. The predicted molar refractivity (Wildman–Crippen MR) is 99.1 cm³/mol. The maximum Gasteiger partial charge on any atom is 0.236 e. The fraction of sp³-hybridized carbons (Fsp3) is 0.526. The van der Waals surface area contributed by atoms with Gasteiger partial charge in [-0.3, -0.25) is 4.79 Å². The lowest BCUT2D eigenvalue weighted by molar-refractivity contribution is -0.137. The van der Waals surface area contributed by atoms with Crippen molar-refractivity contribution in [2.45, 2.75) is 32.1 Å². The van der Waals surface area contributed by atoms with E-state index in [1.54, 1.807) is 6.08 Å². The molecule has 0 spiro atoms. The van der Waals surface area contributed by atoms with Crippen LogP contribution in [0.15, 0.2) is 35.7 Å². The van der Waals surface area contributed by atoms with Gasteiger partial charge in [-0.1, -0.05) is 49.6 Å². The molecular formula is C19H26N2O3S. The highest BCUT2D eigenvalue weighted by Crippen LogP contribution is 2.26. The van der Waals surface area contributed by atoms with Gasteiger partial charge in [-0.2, -0.15) is 4.31 Å². The summed E-state index contributed by atoms with van der Waals surface area (Å²) < 4.78 is 26.4. The van der Waals surface area contributed by atoms with Crippen molar-refractivity contribution in [3.8, 4) is 0 Å². The van der Waals surface area contributed by atoms with Crippen LogP contribution in [-0.2, 0) is 14.8 Å². The predicted octanol–water partition coefficient (Wildman–Crippen LogP) is 2.71. The molecule has 0 radical (unpaired) electrons. The monoisotopic (exact) mass is 362 g/mol. The van der Waals surface area contributed by atoms with Gasteiger partial charge in [0.1, 0.15) is 0 Å². The summed E-state index contributed by atoms with van der Waals surface area (Å²) in [7, 11) is -3.44. The van der Waals surface area contributed by atoms with E-state index in [2.05, 4.69) is 0 Å². The molecule has 1 saturated carbocycles. The summed E-state index contributed by atoms with van der Waals surface area (Å²) in [5.41, 5.74) is 0.859. The largest absolute Gasteiger partial charge is 0.340 e. The molecule has 1 amide bonds. The summed E-state index contributed by atoms with van der Waals surface area (Å²) >= 11 is 0. The molecule has 136 valence electrons. The number of carbonyl (C=O) groups excluding carboxylic acids is 1. The van der Waals surface area contributed by atoms with Crippen molar-refractivity contribution in [2.24, 2.45) is 5.92 Å². The van der Waals surface area contributed by atoms with Crippen LogP contribution in [0, 0.1) is 5.92 Å². The van der Waals surface area contributed by atoms with Crippen LogP contribution in [0.1, 0.15) is 37.7 Å². The third kappa shape index (κ3) is 4.70. The van der Waals surface area contributed by atoms with Crippen LogP contribution in [0.25, 0.3) is 6.08 Å². The molecular weight excluding hydrogens is 336 g/mol. The number of sulfonamides is 1. The van der Waals surface area contributed by atoms with Crippen LogP contribution in [0.5, 0.6) is 0 Å². The number of piperazine rings is 1. The van der Waals surface area contributed by atoms with E-state index >= 15 is 0 Å². The van der Waals surface area contributed by atoms with Crippen LogP contribution in [-0.4, -0.2) is 49.7 Å². The van der Waals surface area contributed by atoms with Crippen molar-refractivity contribution in [3.05, 3.63) is 41.3 Å². The van der Waals surface area contributed by atoms with Gasteiger partial charge < -0.3 is 4.90 Å². The minimum atomic E-state index is -3.44. The molecule has 0 unspecified atom stereocenters. The quantitative estimate of drug-likeness (QED) is 0.827. The molecule has 0 bridgehead atoms. The van der Waals surface area contributed by atoms with Crippen molar-refractivity contribution in [1.82, 2.24) is 9.21 Å². The zero-order valence-electron chi connectivity index (χ0n) is 14.5. The number of hydrogen-bond donors (Lipinski definition) is 0. The molecule has 0 atom stereocenters. The first kappa shape index (κ1) is 18.1. The number of nitrogens with zero attached hydrogens (tertiary/aromatic N) is 2. The van der Waals surface area contributed by atoms with E-state index < -0.39 is 10.0 Å². The van der Waals surface area contributed by atoms with Crippen LogP contribution in [0.4, 0.5) is 0 Å². The second kappa shape index (κ2) is 8.15. The maximum atomic E-state index is 12.6. The Morgan fingerprint density at radius 3 is 2.24 bits per heavy atom. The maximum absolute atomic E-state index is 12.6. The van der Waals surface area contributed by atoms with Crippen LogP contribution >= 0.6 is 0 Å². The van der Waals surface area contributed by atoms with Gasteiger partial charge >= 0.3 is 0 Å².